The molecule has 2 fully saturated rings. The van der Waals surface area contributed by atoms with Gasteiger partial charge in [-0.15, -0.1) is 0 Å². The van der Waals surface area contributed by atoms with Gasteiger partial charge in [0.1, 0.15) is 5.82 Å². The summed E-state index contributed by atoms with van der Waals surface area (Å²) in [7, 11) is 0. The molecule has 3 rings (SSSR count). The highest BCUT2D eigenvalue weighted by atomic mass is 33.2. The lowest BCUT2D eigenvalue weighted by molar-refractivity contribution is -0.0360. The molecule has 0 amide bonds. The van der Waals surface area contributed by atoms with Crippen LogP contribution in [0.25, 0.3) is 0 Å². The van der Waals surface area contributed by atoms with Crippen molar-refractivity contribution < 1.29 is 13.7 Å². The summed E-state index contributed by atoms with van der Waals surface area (Å²) in [6, 6.07) is 1.45. The average Bonchev–Trinajstić information content (AvgIpc) is 3.05. The normalized spacial score (nSPS) is 33.1. The van der Waals surface area contributed by atoms with Gasteiger partial charge in [0.05, 0.1) is 12.7 Å². The first kappa shape index (κ1) is 17.7. The van der Waals surface area contributed by atoms with Crippen LogP contribution in [0.15, 0.2) is 17.1 Å². The fourth-order valence-electron chi connectivity index (χ4n) is 2.45. The largest absolute Gasteiger partial charge is 0.383 e. The minimum atomic E-state index is -1.91. The number of halogens is 1. The summed E-state index contributed by atoms with van der Waals surface area (Å²) in [6.07, 6.45) is -1.37. The van der Waals surface area contributed by atoms with Gasteiger partial charge in [0.25, 0.3) is 0 Å². The SMILES string of the molecule is C[C@H]1[C@@H](F)[C@H](n2ccc(N)nc2=O)O[C@@H]1COP1(=S)SCCS1. The maximum Gasteiger partial charge on any atom is 0.351 e. The van der Waals surface area contributed by atoms with Crippen LogP contribution in [-0.4, -0.2) is 39.9 Å². The fraction of sp³-hybridized carbons (Fsp3) is 0.667. The minimum Gasteiger partial charge on any atom is -0.383 e. The van der Waals surface area contributed by atoms with Crippen LogP contribution < -0.4 is 11.4 Å². The third-order valence-electron chi connectivity index (χ3n) is 3.78. The number of ether oxygens (including phenoxy) is 1. The molecule has 0 aliphatic carbocycles. The van der Waals surface area contributed by atoms with Crippen LogP contribution in [0, 0.1) is 5.92 Å². The van der Waals surface area contributed by atoms with Crippen LogP contribution in [0.2, 0.25) is 0 Å². The number of nitrogens with zero attached hydrogens (tertiary/aromatic N) is 2. The predicted octanol–water partition coefficient (Wildman–Crippen LogP) is 2.42. The molecule has 23 heavy (non-hydrogen) atoms. The molecule has 1 aromatic heterocycles. The van der Waals surface area contributed by atoms with E-state index in [1.165, 1.54) is 12.3 Å². The van der Waals surface area contributed by atoms with Crippen molar-refractivity contribution in [3.8, 4) is 0 Å². The summed E-state index contributed by atoms with van der Waals surface area (Å²) < 4.78 is 25.4. The molecule has 3 heterocycles. The molecule has 0 unspecified atom stereocenters. The van der Waals surface area contributed by atoms with E-state index in [1.54, 1.807) is 29.7 Å². The van der Waals surface area contributed by atoms with Gasteiger partial charge in [-0.3, -0.25) is 4.57 Å². The van der Waals surface area contributed by atoms with Crippen LogP contribution in [0.3, 0.4) is 0 Å². The monoisotopic (exact) mass is 397 g/mol. The molecule has 0 spiro atoms. The molecule has 1 aromatic rings. The van der Waals surface area contributed by atoms with Crippen LogP contribution in [-0.2, 0) is 21.1 Å². The molecule has 2 saturated heterocycles. The Kier molecular flexibility index (Phi) is 5.40. The Balaban J connectivity index is 1.70. The second kappa shape index (κ2) is 7.01. The predicted molar refractivity (Wildman–Crippen MR) is 96.0 cm³/mol. The topological polar surface area (TPSA) is 79.4 Å². The van der Waals surface area contributed by atoms with Crippen molar-refractivity contribution in [3.63, 3.8) is 0 Å². The summed E-state index contributed by atoms with van der Waals surface area (Å²) >= 11 is 8.85. The average molecular weight is 397 g/mol. The number of rotatable bonds is 4. The lowest BCUT2D eigenvalue weighted by atomic mass is 10.0. The van der Waals surface area contributed by atoms with Gasteiger partial charge in [0.2, 0.25) is 0 Å². The molecule has 0 bridgehead atoms. The molecule has 6 nitrogen and oxygen atoms in total. The Morgan fingerprint density at radius 2 is 2.30 bits per heavy atom. The van der Waals surface area contributed by atoms with Gasteiger partial charge in [0, 0.05) is 23.6 Å². The maximum atomic E-state index is 14.6. The Labute approximate surface area is 146 Å². The number of nitrogens with two attached hydrogens (primary N) is 1. The Bertz CT molecular complexity index is 681. The van der Waals surface area contributed by atoms with E-state index < -0.39 is 34.8 Å². The minimum absolute atomic E-state index is 0.0979. The summed E-state index contributed by atoms with van der Waals surface area (Å²) in [5, 5.41) is 0. The standard InChI is InChI=1S/C12H17FN3O3PS3/c1-7-8(6-18-20(21)22-4-5-23-20)19-11(10(7)13)16-3-2-9(14)15-12(16)17/h2-3,7-8,10-11H,4-6H2,1H3,(H2,14,15,17)/t7-,8-,10-,11-/m1/s1. The van der Waals surface area contributed by atoms with E-state index >= 15 is 0 Å². The van der Waals surface area contributed by atoms with Crippen molar-refractivity contribution in [1.29, 1.82) is 0 Å². The molecule has 0 saturated carbocycles. The van der Waals surface area contributed by atoms with Gasteiger partial charge in [-0.25, -0.2) is 9.18 Å². The molecule has 4 atom stereocenters. The van der Waals surface area contributed by atoms with Gasteiger partial charge in [0.15, 0.2) is 17.1 Å². The summed E-state index contributed by atoms with van der Waals surface area (Å²) in [5.41, 5.74) is 4.83. The van der Waals surface area contributed by atoms with Crippen molar-refractivity contribution in [2.24, 2.45) is 5.92 Å². The highest BCUT2D eigenvalue weighted by Crippen LogP contribution is 2.74. The molecule has 128 valence electrons. The van der Waals surface area contributed by atoms with E-state index in [0.717, 1.165) is 16.1 Å². The van der Waals surface area contributed by atoms with Gasteiger partial charge in [-0.1, -0.05) is 29.7 Å². The maximum absolute atomic E-state index is 14.6. The lowest BCUT2D eigenvalue weighted by Crippen LogP contribution is -2.31. The second-order valence-corrected chi connectivity index (χ2v) is 16.1. The molecule has 0 aromatic carbocycles. The zero-order valence-electron chi connectivity index (χ0n) is 12.3. The first-order valence-electron chi connectivity index (χ1n) is 7.07. The zero-order chi connectivity index (χ0) is 16.6. The number of nitrogen functional groups attached to an aromatic ring is 1. The Hall–Kier alpha value is -0.120. The van der Waals surface area contributed by atoms with Crippen LogP contribution in [0.4, 0.5) is 10.2 Å². The quantitative estimate of drug-likeness (QED) is 0.776. The van der Waals surface area contributed by atoms with Gasteiger partial charge < -0.3 is 15.0 Å². The molecule has 0 radical (unpaired) electrons. The van der Waals surface area contributed by atoms with Gasteiger partial charge in [-0.05, 0) is 17.9 Å². The first-order chi connectivity index (χ1) is 10.9. The number of hydrogen-bond acceptors (Lipinski definition) is 8. The zero-order valence-corrected chi connectivity index (χ0v) is 15.7. The molecule has 11 heteroatoms. The number of hydrogen-bond donors (Lipinski definition) is 1. The van der Waals surface area contributed by atoms with Crippen LogP contribution in [0.1, 0.15) is 13.2 Å². The summed E-state index contributed by atoms with van der Waals surface area (Å²) in [5.74, 6) is 1.68. The molecular formula is C12H17FN3O3PS3. The first-order valence-corrected chi connectivity index (χ1v) is 13.0. The Morgan fingerprint density at radius 3 is 2.96 bits per heavy atom. The fourth-order valence-corrected chi connectivity index (χ4v) is 11.3. The van der Waals surface area contributed by atoms with Gasteiger partial charge in [-0.2, -0.15) is 4.98 Å². The lowest BCUT2D eigenvalue weighted by Gasteiger charge is -2.19. The van der Waals surface area contributed by atoms with Crippen LogP contribution in [0.5, 0.6) is 0 Å². The van der Waals surface area contributed by atoms with Crippen molar-refractivity contribution in [3.05, 3.63) is 22.7 Å². The highest BCUT2D eigenvalue weighted by molar-refractivity contribution is 9.00. The highest BCUT2D eigenvalue weighted by Gasteiger charge is 2.44. The van der Waals surface area contributed by atoms with E-state index in [4.69, 9.17) is 26.8 Å². The van der Waals surface area contributed by atoms with Crippen molar-refractivity contribution in [2.45, 2.75) is 25.4 Å². The second-order valence-electron chi connectivity index (χ2n) is 5.32. The van der Waals surface area contributed by atoms with E-state index in [2.05, 4.69) is 4.98 Å². The Morgan fingerprint density at radius 1 is 1.61 bits per heavy atom. The van der Waals surface area contributed by atoms with E-state index in [0.29, 0.717) is 0 Å². The third kappa shape index (κ3) is 3.77. The van der Waals surface area contributed by atoms with Crippen molar-refractivity contribution in [2.75, 3.05) is 23.8 Å². The summed E-state index contributed by atoms with van der Waals surface area (Å²) in [4.78, 5) is 15.5. The number of alkyl halides is 1. The third-order valence-corrected chi connectivity index (χ3v) is 13.6. The number of anilines is 1. The molecule has 2 aliphatic heterocycles. The van der Waals surface area contributed by atoms with E-state index in [1.807, 2.05) is 0 Å². The van der Waals surface area contributed by atoms with Crippen LogP contribution >= 0.6 is 27.4 Å². The van der Waals surface area contributed by atoms with Crippen molar-refractivity contribution in [1.82, 2.24) is 9.55 Å². The molecule has 2 N–H and O–H groups in total. The molecule has 2 aliphatic rings. The summed E-state index contributed by atoms with van der Waals surface area (Å²) in [6.45, 7) is 1.99. The van der Waals surface area contributed by atoms with E-state index in [9.17, 15) is 9.18 Å². The van der Waals surface area contributed by atoms with E-state index in [-0.39, 0.29) is 12.4 Å². The molecular weight excluding hydrogens is 380 g/mol. The number of aromatic nitrogens is 2. The smallest absolute Gasteiger partial charge is 0.351 e. The van der Waals surface area contributed by atoms with Gasteiger partial charge >= 0.3 is 5.69 Å². The van der Waals surface area contributed by atoms with Crippen molar-refractivity contribution >= 4 is 45.1 Å².